The number of nitrogens with one attached hydrogen (secondary N) is 1. The van der Waals surface area contributed by atoms with E-state index >= 15 is 8.78 Å². The summed E-state index contributed by atoms with van der Waals surface area (Å²) < 4.78 is 31.2. The molecule has 0 radical (unpaired) electrons. The van der Waals surface area contributed by atoms with Gasteiger partial charge in [0, 0.05) is 24.0 Å². The topological polar surface area (TPSA) is 87.8 Å². The van der Waals surface area contributed by atoms with Crippen molar-refractivity contribution in [3.8, 4) is 0 Å². The fraction of sp³-hybridized carbons (Fsp3) is 0.469. The number of carbonyl (C=O) groups is 2. The van der Waals surface area contributed by atoms with Gasteiger partial charge in [0.1, 0.15) is 0 Å². The fourth-order valence-electron chi connectivity index (χ4n) is 6.43. The van der Waals surface area contributed by atoms with Gasteiger partial charge in [-0.05, 0) is 78.8 Å². The lowest BCUT2D eigenvalue weighted by atomic mass is 9.86. The first-order chi connectivity index (χ1) is 19.1. The van der Waals surface area contributed by atoms with Gasteiger partial charge in [-0.2, -0.15) is 0 Å². The van der Waals surface area contributed by atoms with Gasteiger partial charge in [-0.25, -0.2) is 13.8 Å². The van der Waals surface area contributed by atoms with E-state index in [0.29, 0.717) is 24.8 Å². The van der Waals surface area contributed by atoms with Gasteiger partial charge in [0.15, 0.2) is 5.96 Å². The van der Waals surface area contributed by atoms with Crippen molar-refractivity contribution in [3.63, 3.8) is 0 Å². The predicted octanol–water partition coefficient (Wildman–Crippen LogP) is 5.77. The molecule has 0 saturated carbocycles. The maximum Gasteiger partial charge on any atom is 0.275 e. The lowest BCUT2D eigenvalue weighted by Gasteiger charge is -2.36. The van der Waals surface area contributed by atoms with Crippen LogP contribution in [-0.2, 0) is 16.0 Å². The Labute approximate surface area is 234 Å². The van der Waals surface area contributed by atoms with Crippen LogP contribution in [-0.4, -0.2) is 40.7 Å². The van der Waals surface area contributed by atoms with Crippen LogP contribution < -0.4 is 11.1 Å². The van der Waals surface area contributed by atoms with Crippen LogP contribution in [0.3, 0.4) is 0 Å². The molecule has 1 aromatic rings. The molecule has 0 fully saturated rings. The minimum absolute atomic E-state index is 0.00372. The molecule has 3 heterocycles. The largest absolute Gasteiger partial charge is 0.369 e. The standard InChI is InChI=1S/C32H38F2N4O2/c1-4-19(2)29-25-15-12-20(3)30(40)37-26-11-7-9-22-14-13-21(16-24(22)26)8-5-6-10-23-17-28(39)38(31(35)36-23)27(29)18-32(25,33)34/h5,8,12-16,19,23,26-27H,3-4,6-7,9-11,17-18H2,1-2H3,(H2,35,36)(H,37,40)/b8-5-,15-12-. The van der Waals surface area contributed by atoms with Crippen molar-refractivity contribution in [2.45, 2.75) is 89.3 Å². The average molecular weight is 549 g/mol. The first-order valence-electron chi connectivity index (χ1n) is 14.3. The summed E-state index contributed by atoms with van der Waals surface area (Å²) in [5.41, 5.74) is 10.00. The Hall–Kier alpha value is -3.55. The van der Waals surface area contributed by atoms with E-state index in [4.69, 9.17) is 5.73 Å². The van der Waals surface area contributed by atoms with E-state index in [1.54, 1.807) is 0 Å². The Morgan fingerprint density at radius 1 is 1.23 bits per heavy atom. The van der Waals surface area contributed by atoms with Gasteiger partial charge in [-0.3, -0.25) is 14.5 Å². The smallest absolute Gasteiger partial charge is 0.275 e. The third-order valence-electron chi connectivity index (χ3n) is 8.72. The lowest BCUT2D eigenvalue weighted by Crippen LogP contribution is -2.53. The summed E-state index contributed by atoms with van der Waals surface area (Å²) in [4.78, 5) is 32.3. The number of nitrogens with zero attached hydrogens (tertiary/aromatic N) is 2. The average Bonchev–Trinajstić information content (AvgIpc) is 3.18. The molecule has 3 aliphatic heterocycles. The van der Waals surface area contributed by atoms with Gasteiger partial charge >= 0.3 is 0 Å². The fourth-order valence-corrected chi connectivity index (χ4v) is 6.43. The number of fused-ring (bicyclic) bond motifs is 6. The summed E-state index contributed by atoms with van der Waals surface area (Å²) >= 11 is 0. The minimum Gasteiger partial charge on any atom is -0.369 e. The number of amides is 2. The Morgan fingerprint density at radius 2 is 2.02 bits per heavy atom. The molecule has 1 aromatic carbocycles. The van der Waals surface area contributed by atoms with Crippen molar-refractivity contribution in [1.29, 1.82) is 0 Å². The number of rotatable bonds is 2. The van der Waals surface area contributed by atoms with Crippen LogP contribution in [0, 0.1) is 5.92 Å². The number of hydrogen-bond donors (Lipinski definition) is 2. The molecule has 212 valence electrons. The zero-order valence-corrected chi connectivity index (χ0v) is 23.3. The first kappa shape index (κ1) is 28.0. The number of nitrogens with two attached hydrogens (primary N) is 1. The highest BCUT2D eigenvalue weighted by atomic mass is 19.3. The molecule has 6 rings (SSSR count). The second-order valence-corrected chi connectivity index (χ2v) is 11.4. The number of hydrogen-bond acceptors (Lipinski definition) is 4. The third kappa shape index (κ3) is 5.40. The van der Waals surface area contributed by atoms with Crippen LogP contribution in [0.5, 0.6) is 0 Å². The molecule has 6 bridgehead atoms. The van der Waals surface area contributed by atoms with E-state index in [1.165, 1.54) is 22.6 Å². The van der Waals surface area contributed by atoms with Gasteiger partial charge in [-0.15, -0.1) is 0 Å². The summed E-state index contributed by atoms with van der Waals surface area (Å²) in [6, 6.07) is 4.94. The summed E-state index contributed by atoms with van der Waals surface area (Å²) in [7, 11) is 0. The number of alkyl halides is 2. The molecule has 0 saturated heterocycles. The highest BCUT2D eigenvalue weighted by molar-refractivity contribution is 5.99. The Morgan fingerprint density at radius 3 is 2.77 bits per heavy atom. The number of allylic oxidation sites excluding steroid dienone is 3. The minimum atomic E-state index is -3.20. The molecule has 0 spiro atoms. The molecule has 6 nitrogen and oxygen atoms in total. The van der Waals surface area contributed by atoms with Gasteiger partial charge in [0.05, 0.1) is 18.1 Å². The van der Waals surface area contributed by atoms with E-state index < -0.39 is 18.4 Å². The summed E-state index contributed by atoms with van der Waals surface area (Å²) in [5.74, 6) is -4.10. The van der Waals surface area contributed by atoms with E-state index in [-0.39, 0.29) is 53.3 Å². The monoisotopic (exact) mass is 548 g/mol. The normalized spacial score (nSPS) is 29.1. The van der Waals surface area contributed by atoms with Crippen LogP contribution in [0.2, 0.25) is 0 Å². The second-order valence-electron chi connectivity index (χ2n) is 11.4. The van der Waals surface area contributed by atoms with Crippen molar-refractivity contribution in [2.75, 3.05) is 0 Å². The van der Waals surface area contributed by atoms with Crippen molar-refractivity contribution in [3.05, 3.63) is 76.4 Å². The molecule has 5 aliphatic rings. The van der Waals surface area contributed by atoms with Crippen LogP contribution >= 0.6 is 0 Å². The van der Waals surface area contributed by atoms with E-state index in [0.717, 1.165) is 30.4 Å². The number of carbonyl (C=O) groups excluding carboxylic acids is 2. The van der Waals surface area contributed by atoms with E-state index in [9.17, 15) is 9.59 Å². The molecule has 40 heavy (non-hydrogen) atoms. The van der Waals surface area contributed by atoms with Gasteiger partial charge in [0.25, 0.3) is 11.8 Å². The maximum absolute atomic E-state index is 15.6. The molecule has 2 aliphatic carbocycles. The first-order valence-corrected chi connectivity index (χ1v) is 14.3. The molecule has 3 N–H and O–H groups in total. The molecule has 4 unspecified atom stereocenters. The van der Waals surface area contributed by atoms with Crippen molar-refractivity contribution in [1.82, 2.24) is 10.2 Å². The Bertz CT molecular complexity index is 1340. The van der Waals surface area contributed by atoms with Crippen molar-refractivity contribution >= 4 is 23.8 Å². The quantitative estimate of drug-likeness (QED) is 0.461. The van der Waals surface area contributed by atoms with Crippen molar-refractivity contribution < 1.29 is 18.4 Å². The van der Waals surface area contributed by atoms with Crippen LogP contribution in [0.15, 0.2) is 64.7 Å². The zero-order valence-electron chi connectivity index (χ0n) is 23.3. The molecule has 0 aromatic heterocycles. The zero-order chi connectivity index (χ0) is 28.6. The molecule has 2 amide bonds. The lowest BCUT2D eigenvalue weighted by molar-refractivity contribution is -0.130. The van der Waals surface area contributed by atoms with Crippen LogP contribution in [0.4, 0.5) is 8.78 Å². The molecule has 4 atom stereocenters. The summed E-state index contributed by atoms with van der Waals surface area (Å²) in [6.45, 7) is 7.69. The second kappa shape index (κ2) is 11.1. The third-order valence-corrected chi connectivity index (χ3v) is 8.72. The number of benzene rings is 1. The van der Waals surface area contributed by atoms with Gasteiger partial charge in [0.2, 0.25) is 5.91 Å². The highest BCUT2D eigenvalue weighted by Gasteiger charge is 2.51. The Balaban J connectivity index is 1.57. The number of aryl methyl sites for hydroxylation is 1. The van der Waals surface area contributed by atoms with E-state index in [2.05, 4.69) is 41.2 Å². The Kier molecular flexibility index (Phi) is 7.80. The predicted molar refractivity (Wildman–Crippen MR) is 154 cm³/mol. The van der Waals surface area contributed by atoms with Gasteiger partial charge < -0.3 is 11.1 Å². The highest BCUT2D eigenvalue weighted by Crippen LogP contribution is 2.47. The summed E-state index contributed by atoms with van der Waals surface area (Å²) in [5, 5.41) is 3.08. The SMILES string of the molecule is C=C1/C=C\C2=C(C(C)CC)C(CC2(F)F)N2C(=O)CC(CC/C=C\c3ccc4c(c3)C(CCC4)NC1=O)N=C2N. The number of aliphatic imine (C=N–C) groups is 1. The van der Waals surface area contributed by atoms with E-state index in [1.807, 2.05) is 19.9 Å². The van der Waals surface area contributed by atoms with Gasteiger partial charge in [-0.1, -0.05) is 50.8 Å². The number of halogens is 2. The summed E-state index contributed by atoms with van der Waals surface area (Å²) in [6.07, 6.45) is 11.0. The van der Waals surface area contributed by atoms with Crippen molar-refractivity contribution in [2.24, 2.45) is 16.6 Å². The molecular formula is C32H38F2N4O2. The maximum atomic E-state index is 15.6. The van der Waals surface area contributed by atoms with Crippen LogP contribution in [0.25, 0.3) is 6.08 Å². The molecule has 8 heteroatoms. The van der Waals surface area contributed by atoms with Crippen LogP contribution in [0.1, 0.15) is 81.5 Å². The molecular weight excluding hydrogens is 510 g/mol. The number of guanidine groups is 1.